The summed E-state index contributed by atoms with van der Waals surface area (Å²) in [5, 5.41) is 12.8. The first-order chi connectivity index (χ1) is 12.4. The Hall–Kier alpha value is -2.80. The summed E-state index contributed by atoms with van der Waals surface area (Å²) in [6, 6.07) is 10.4. The van der Waals surface area contributed by atoms with Gasteiger partial charge in [-0.05, 0) is 64.8 Å². The Morgan fingerprint density at radius 1 is 1.31 bits per heavy atom. The highest BCUT2D eigenvalue weighted by molar-refractivity contribution is 9.10. The molecule has 0 spiro atoms. The highest BCUT2D eigenvalue weighted by Crippen LogP contribution is 2.30. The number of ether oxygens (including phenoxy) is 1. The van der Waals surface area contributed by atoms with Crippen LogP contribution in [0.3, 0.4) is 0 Å². The third-order valence-corrected chi connectivity index (χ3v) is 4.46. The number of phenols is 1. The number of anilines is 1. The molecular formula is C19H18BrN3O3. The number of hydrogen-bond donors (Lipinski definition) is 2. The third-order valence-electron chi connectivity index (χ3n) is 3.85. The van der Waals surface area contributed by atoms with E-state index in [0.29, 0.717) is 22.5 Å². The lowest BCUT2D eigenvalue weighted by Crippen LogP contribution is -2.12. The van der Waals surface area contributed by atoms with E-state index < -0.39 is 0 Å². The summed E-state index contributed by atoms with van der Waals surface area (Å²) in [5.41, 5.74) is 1.70. The summed E-state index contributed by atoms with van der Waals surface area (Å²) in [7, 11) is 1.91. The number of rotatable bonds is 5. The minimum absolute atomic E-state index is 0.0804. The fraction of sp³-hybridized carbons (Fsp3) is 0.158. The second-order valence-corrected chi connectivity index (χ2v) is 6.72. The maximum absolute atomic E-state index is 12.4. The molecule has 3 rings (SSSR count). The van der Waals surface area contributed by atoms with Gasteiger partial charge in [-0.3, -0.25) is 4.79 Å². The van der Waals surface area contributed by atoms with Crippen molar-refractivity contribution in [2.75, 3.05) is 5.32 Å². The van der Waals surface area contributed by atoms with Crippen molar-refractivity contribution in [2.24, 2.45) is 7.05 Å². The number of halogens is 1. The number of hydrogen-bond acceptors (Lipinski definition) is 4. The molecule has 3 aromatic rings. The number of aromatic nitrogens is 2. The molecule has 0 aliphatic heterocycles. The SMILES string of the molecule is Cc1cc(Br)c(O)c(C(=O)Nc2ccc(OCc3nccn3C)cc2)c1. The Kier molecular flexibility index (Phi) is 5.27. The molecular weight excluding hydrogens is 398 g/mol. The zero-order chi connectivity index (χ0) is 18.7. The second-order valence-electron chi connectivity index (χ2n) is 5.86. The molecule has 1 aromatic heterocycles. The molecule has 0 atom stereocenters. The molecule has 0 radical (unpaired) electrons. The fourth-order valence-electron chi connectivity index (χ4n) is 2.42. The Balaban J connectivity index is 1.66. The molecule has 0 fully saturated rings. The van der Waals surface area contributed by atoms with Gasteiger partial charge in [0, 0.05) is 25.1 Å². The van der Waals surface area contributed by atoms with Gasteiger partial charge in [0.15, 0.2) is 0 Å². The van der Waals surface area contributed by atoms with Crippen molar-refractivity contribution < 1.29 is 14.6 Å². The molecule has 6 nitrogen and oxygen atoms in total. The van der Waals surface area contributed by atoms with Crippen LogP contribution in [0.4, 0.5) is 5.69 Å². The number of imidazole rings is 1. The minimum Gasteiger partial charge on any atom is -0.506 e. The second kappa shape index (κ2) is 7.61. The van der Waals surface area contributed by atoms with Gasteiger partial charge in [-0.2, -0.15) is 0 Å². The van der Waals surface area contributed by atoms with Crippen molar-refractivity contribution >= 4 is 27.5 Å². The lowest BCUT2D eigenvalue weighted by Gasteiger charge is -2.10. The molecule has 0 aliphatic carbocycles. The minimum atomic E-state index is -0.381. The Morgan fingerprint density at radius 3 is 2.69 bits per heavy atom. The van der Waals surface area contributed by atoms with Crippen LogP contribution < -0.4 is 10.1 Å². The fourth-order valence-corrected chi connectivity index (χ4v) is 3.00. The molecule has 0 saturated carbocycles. The molecule has 1 heterocycles. The van der Waals surface area contributed by atoms with Crippen LogP contribution in [0.5, 0.6) is 11.5 Å². The van der Waals surface area contributed by atoms with E-state index in [0.717, 1.165) is 11.4 Å². The summed E-state index contributed by atoms with van der Waals surface area (Å²) in [6.45, 7) is 2.22. The van der Waals surface area contributed by atoms with Gasteiger partial charge in [0.2, 0.25) is 0 Å². The average Bonchev–Trinajstić information content (AvgIpc) is 3.02. The van der Waals surface area contributed by atoms with E-state index in [1.807, 2.05) is 24.7 Å². The van der Waals surface area contributed by atoms with Crippen LogP contribution in [0.2, 0.25) is 0 Å². The van der Waals surface area contributed by atoms with E-state index in [4.69, 9.17) is 4.74 Å². The Morgan fingerprint density at radius 2 is 2.04 bits per heavy atom. The normalized spacial score (nSPS) is 10.6. The van der Waals surface area contributed by atoms with Crippen LogP contribution in [0.1, 0.15) is 21.7 Å². The predicted molar refractivity (Wildman–Crippen MR) is 102 cm³/mol. The number of amides is 1. The van der Waals surface area contributed by atoms with Gasteiger partial charge in [-0.1, -0.05) is 0 Å². The van der Waals surface area contributed by atoms with Crippen molar-refractivity contribution in [3.05, 3.63) is 70.2 Å². The number of nitrogens with zero attached hydrogens (tertiary/aromatic N) is 2. The van der Waals surface area contributed by atoms with E-state index in [2.05, 4.69) is 26.2 Å². The topological polar surface area (TPSA) is 76.4 Å². The van der Waals surface area contributed by atoms with Gasteiger partial charge in [-0.25, -0.2) is 4.98 Å². The Labute approximate surface area is 159 Å². The average molecular weight is 416 g/mol. The van der Waals surface area contributed by atoms with Gasteiger partial charge in [0.05, 0.1) is 10.0 Å². The summed E-state index contributed by atoms with van der Waals surface area (Å²) in [6.07, 6.45) is 3.58. The van der Waals surface area contributed by atoms with Crippen molar-refractivity contribution in [1.82, 2.24) is 9.55 Å². The number of phenolic OH excluding ortho intramolecular Hbond substituents is 1. The highest BCUT2D eigenvalue weighted by Gasteiger charge is 2.14. The zero-order valence-electron chi connectivity index (χ0n) is 14.4. The number of aromatic hydroxyl groups is 1. The molecule has 0 bridgehead atoms. The quantitative estimate of drug-likeness (QED) is 0.659. The lowest BCUT2D eigenvalue weighted by atomic mass is 10.1. The van der Waals surface area contributed by atoms with Crippen LogP contribution in [-0.4, -0.2) is 20.6 Å². The van der Waals surface area contributed by atoms with E-state index in [-0.39, 0.29) is 17.2 Å². The maximum Gasteiger partial charge on any atom is 0.259 e. The van der Waals surface area contributed by atoms with Gasteiger partial charge in [0.25, 0.3) is 5.91 Å². The zero-order valence-corrected chi connectivity index (χ0v) is 15.9. The number of aryl methyl sites for hydroxylation is 2. The molecule has 0 unspecified atom stereocenters. The van der Waals surface area contributed by atoms with Gasteiger partial charge in [0.1, 0.15) is 23.9 Å². The molecule has 2 N–H and O–H groups in total. The molecule has 1 amide bonds. The third kappa shape index (κ3) is 4.05. The van der Waals surface area contributed by atoms with Gasteiger partial charge >= 0.3 is 0 Å². The number of carbonyl (C=O) groups is 1. The number of carbonyl (C=O) groups excluding carboxylic acids is 1. The van der Waals surface area contributed by atoms with Crippen LogP contribution >= 0.6 is 15.9 Å². The monoisotopic (exact) mass is 415 g/mol. The van der Waals surface area contributed by atoms with Crippen molar-refractivity contribution in [3.8, 4) is 11.5 Å². The number of nitrogens with one attached hydrogen (secondary N) is 1. The first kappa shape index (κ1) is 18.0. The Bertz CT molecular complexity index is 936. The van der Waals surface area contributed by atoms with Crippen LogP contribution in [0.15, 0.2) is 53.3 Å². The van der Waals surface area contributed by atoms with E-state index in [1.54, 1.807) is 42.6 Å². The van der Waals surface area contributed by atoms with Gasteiger partial charge < -0.3 is 19.7 Å². The van der Waals surface area contributed by atoms with Gasteiger partial charge in [-0.15, -0.1) is 0 Å². The first-order valence-electron chi connectivity index (χ1n) is 7.93. The highest BCUT2D eigenvalue weighted by atomic mass is 79.9. The smallest absolute Gasteiger partial charge is 0.259 e. The molecule has 26 heavy (non-hydrogen) atoms. The van der Waals surface area contributed by atoms with Crippen molar-refractivity contribution in [2.45, 2.75) is 13.5 Å². The predicted octanol–water partition coefficient (Wildman–Crippen LogP) is 4.03. The van der Waals surface area contributed by atoms with E-state index in [9.17, 15) is 9.90 Å². The molecule has 0 aliphatic rings. The van der Waals surface area contributed by atoms with Crippen LogP contribution in [0, 0.1) is 6.92 Å². The van der Waals surface area contributed by atoms with Crippen molar-refractivity contribution in [1.29, 1.82) is 0 Å². The van der Waals surface area contributed by atoms with Crippen LogP contribution in [-0.2, 0) is 13.7 Å². The maximum atomic E-state index is 12.4. The van der Waals surface area contributed by atoms with E-state index in [1.165, 1.54) is 0 Å². The summed E-state index contributed by atoms with van der Waals surface area (Å²) < 4.78 is 8.06. The van der Waals surface area contributed by atoms with Crippen LogP contribution in [0.25, 0.3) is 0 Å². The molecule has 7 heteroatoms. The molecule has 0 saturated heterocycles. The largest absolute Gasteiger partial charge is 0.506 e. The summed E-state index contributed by atoms with van der Waals surface area (Å²) in [5.74, 6) is 1.03. The summed E-state index contributed by atoms with van der Waals surface area (Å²) >= 11 is 3.25. The molecule has 134 valence electrons. The summed E-state index contributed by atoms with van der Waals surface area (Å²) in [4.78, 5) is 16.6. The first-order valence-corrected chi connectivity index (χ1v) is 8.73. The molecule has 2 aromatic carbocycles. The number of benzene rings is 2. The van der Waals surface area contributed by atoms with Crippen molar-refractivity contribution in [3.63, 3.8) is 0 Å². The van der Waals surface area contributed by atoms with E-state index >= 15 is 0 Å². The standard InChI is InChI=1S/C19H18BrN3O3/c1-12-9-15(18(24)16(20)10-12)19(25)22-13-3-5-14(6-4-13)26-11-17-21-7-8-23(17)2/h3-10,24H,11H2,1-2H3,(H,22,25). The lowest BCUT2D eigenvalue weighted by molar-refractivity contribution is 0.102.